The Morgan fingerprint density at radius 2 is 1.71 bits per heavy atom. The molecule has 0 radical (unpaired) electrons. The fourth-order valence-electron chi connectivity index (χ4n) is 3.39. The number of hydrogen-bond donors (Lipinski definition) is 1. The van der Waals surface area contributed by atoms with Gasteiger partial charge >= 0.3 is 0 Å². The maximum absolute atomic E-state index is 12.8. The topological polar surface area (TPSA) is 75.7 Å². The first kappa shape index (κ1) is 25.0. The van der Waals surface area contributed by atoms with Crippen molar-refractivity contribution in [3.63, 3.8) is 0 Å². The molecule has 3 aromatic rings. The molecule has 178 valence electrons. The van der Waals surface area contributed by atoms with Crippen LogP contribution >= 0.6 is 34.4 Å². The van der Waals surface area contributed by atoms with Gasteiger partial charge in [-0.25, -0.2) is 0 Å². The molecule has 1 fully saturated rings. The number of amides is 3. The Morgan fingerprint density at radius 1 is 1.00 bits per heavy atom. The van der Waals surface area contributed by atoms with Gasteiger partial charge < -0.3 is 10.1 Å². The van der Waals surface area contributed by atoms with Crippen molar-refractivity contribution < 1.29 is 19.1 Å². The summed E-state index contributed by atoms with van der Waals surface area (Å²) in [7, 11) is 0. The number of nitrogens with one attached hydrogen (secondary N) is 1. The van der Waals surface area contributed by atoms with Gasteiger partial charge in [0.05, 0.1) is 11.4 Å². The summed E-state index contributed by atoms with van der Waals surface area (Å²) in [5.41, 5.74) is 4.66. The van der Waals surface area contributed by atoms with Crippen LogP contribution in [0.15, 0.2) is 71.6 Å². The summed E-state index contributed by atoms with van der Waals surface area (Å²) in [5, 5.41) is 2.54. The maximum Gasteiger partial charge on any atom is 0.293 e. The van der Waals surface area contributed by atoms with E-state index in [1.54, 1.807) is 30.3 Å². The molecule has 3 aromatic carbocycles. The summed E-state index contributed by atoms with van der Waals surface area (Å²) >= 11 is 3.15. The minimum Gasteiger partial charge on any atom is -0.484 e. The molecule has 0 unspecified atom stereocenters. The van der Waals surface area contributed by atoms with Crippen LogP contribution in [-0.4, -0.2) is 28.6 Å². The van der Waals surface area contributed by atoms with Gasteiger partial charge in [-0.15, -0.1) is 0 Å². The molecule has 0 atom stereocenters. The molecule has 1 N–H and O–H groups in total. The minimum absolute atomic E-state index is 0.121. The molecular weight excluding hydrogens is 575 g/mol. The molecule has 1 aliphatic rings. The number of thioether (sulfide) groups is 1. The SMILES string of the molecule is Cc1ccc(NC(=O)COc2ccc(/C=C3\SC(=O)N(Cc4ccc(I)cc4)C3=O)cc2)cc1C. The number of rotatable bonds is 7. The molecule has 1 saturated heterocycles. The number of imide groups is 1. The Labute approximate surface area is 221 Å². The van der Waals surface area contributed by atoms with Crippen LogP contribution in [0.3, 0.4) is 0 Å². The van der Waals surface area contributed by atoms with Crippen molar-refractivity contribution in [3.8, 4) is 5.75 Å². The highest BCUT2D eigenvalue weighted by molar-refractivity contribution is 14.1. The van der Waals surface area contributed by atoms with Crippen molar-refractivity contribution in [2.75, 3.05) is 11.9 Å². The van der Waals surface area contributed by atoms with Gasteiger partial charge in [-0.2, -0.15) is 0 Å². The molecule has 3 amide bonds. The summed E-state index contributed by atoms with van der Waals surface area (Å²) in [6, 6.07) is 20.5. The van der Waals surface area contributed by atoms with E-state index < -0.39 is 0 Å². The first-order valence-electron chi connectivity index (χ1n) is 10.9. The van der Waals surface area contributed by atoms with Gasteiger partial charge in [-0.3, -0.25) is 19.3 Å². The molecule has 8 heteroatoms. The third-order valence-electron chi connectivity index (χ3n) is 5.47. The van der Waals surface area contributed by atoms with Crippen LogP contribution in [0.5, 0.6) is 5.75 Å². The van der Waals surface area contributed by atoms with Crippen LogP contribution in [-0.2, 0) is 16.1 Å². The van der Waals surface area contributed by atoms with E-state index in [-0.39, 0.29) is 30.2 Å². The number of anilines is 1. The second kappa shape index (κ2) is 11.1. The Morgan fingerprint density at radius 3 is 2.40 bits per heavy atom. The van der Waals surface area contributed by atoms with Crippen LogP contribution in [0.25, 0.3) is 6.08 Å². The van der Waals surface area contributed by atoms with Crippen molar-refractivity contribution in [3.05, 3.63) is 97.5 Å². The maximum atomic E-state index is 12.8. The highest BCUT2D eigenvalue weighted by Crippen LogP contribution is 2.33. The highest BCUT2D eigenvalue weighted by Gasteiger charge is 2.34. The summed E-state index contributed by atoms with van der Waals surface area (Å²) in [5.74, 6) is -0.0229. The quantitative estimate of drug-likeness (QED) is 0.261. The summed E-state index contributed by atoms with van der Waals surface area (Å²) in [6.07, 6.45) is 1.69. The number of halogens is 1. The lowest BCUT2D eigenvalue weighted by atomic mass is 10.1. The molecule has 1 aliphatic heterocycles. The second-order valence-corrected chi connectivity index (χ2v) is 10.3. The molecule has 6 nitrogen and oxygen atoms in total. The summed E-state index contributed by atoms with van der Waals surface area (Å²) < 4.78 is 6.67. The van der Waals surface area contributed by atoms with Gasteiger partial charge in [-0.1, -0.05) is 30.3 Å². The van der Waals surface area contributed by atoms with Crippen molar-refractivity contribution in [2.24, 2.45) is 0 Å². The number of carbonyl (C=O) groups excluding carboxylic acids is 3. The normalized spacial score (nSPS) is 14.5. The highest BCUT2D eigenvalue weighted by atomic mass is 127. The van der Waals surface area contributed by atoms with E-state index in [0.29, 0.717) is 10.7 Å². The van der Waals surface area contributed by atoms with Gasteiger partial charge in [0.1, 0.15) is 5.75 Å². The number of hydrogen-bond acceptors (Lipinski definition) is 5. The zero-order valence-corrected chi connectivity index (χ0v) is 22.2. The van der Waals surface area contributed by atoms with Gasteiger partial charge in [0, 0.05) is 9.26 Å². The van der Waals surface area contributed by atoms with Gasteiger partial charge in [0.25, 0.3) is 17.1 Å². The average Bonchev–Trinajstić information content (AvgIpc) is 3.09. The molecular formula is C27H23IN2O4S. The van der Waals surface area contributed by atoms with Crippen molar-refractivity contribution in [1.82, 2.24) is 4.90 Å². The standard InChI is InChI=1S/C27H23IN2O4S/c1-17-3-10-22(13-18(17)2)29-25(31)16-34-23-11-6-19(7-12-23)14-24-26(32)30(27(33)35-24)15-20-4-8-21(28)9-5-20/h3-14H,15-16H2,1-2H3,(H,29,31)/b24-14-. The zero-order valence-electron chi connectivity index (χ0n) is 19.2. The van der Waals surface area contributed by atoms with Crippen molar-refractivity contribution in [2.45, 2.75) is 20.4 Å². The Kier molecular flexibility index (Phi) is 7.92. The Bertz CT molecular complexity index is 1300. The second-order valence-electron chi connectivity index (χ2n) is 8.10. The van der Waals surface area contributed by atoms with Crippen molar-refractivity contribution >= 4 is 63.2 Å². The molecule has 1 heterocycles. The average molecular weight is 598 g/mol. The molecule has 4 rings (SSSR count). The predicted molar refractivity (Wildman–Crippen MR) is 147 cm³/mol. The van der Waals surface area contributed by atoms with E-state index in [2.05, 4.69) is 27.9 Å². The van der Waals surface area contributed by atoms with Crippen LogP contribution < -0.4 is 10.1 Å². The van der Waals surface area contributed by atoms with E-state index in [0.717, 1.165) is 43.3 Å². The Balaban J connectivity index is 1.33. The zero-order chi connectivity index (χ0) is 24.9. The van der Waals surface area contributed by atoms with Gasteiger partial charge in [-0.05, 0) is 113 Å². The third kappa shape index (κ3) is 6.52. The van der Waals surface area contributed by atoms with E-state index in [4.69, 9.17) is 4.74 Å². The number of carbonyl (C=O) groups is 3. The lowest BCUT2D eigenvalue weighted by Gasteiger charge is -2.12. The monoisotopic (exact) mass is 598 g/mol. The minimum atomic E-state index is -0.304. The van der Waals surface area contributed by atoms with E-state index in [9.17, 15) is 14.4 Å². The lowest BCUT2D eigenvalue weighted by Crippen LogP contribution is -2.27. The van der Waals surface area contributed by atoms with Gasteiger partial charge in [0.15, 0.2) is 6.61 Å². The smallest absolute Gasteiger partial charge is 0.293 e. The van der Waals surface area contributed by atoms with Gasteiger partial charge in [0.2, 0.25) is 0 Å². The fourth-order valence-corrected chi connectivity index (χ4v) is 4.58. The van der Waals surface area contributed by atoms with Crippen LogP contribution in [0, 0.1) is 17.4 Å². The first-order valence-corrected chi connectivity index (χ1v) is 12.8. The summed E-state index contributed by atoms with van der Waals surface area (Å²) in [4.78, 5) is 39.0. The van der Waals surface area contributed by atoms with Crippen LogP contribution in [0.4, 0.5) is 10.5 Å². The molecule has 0 aromatic heterocycles. The lowest BCUT2D eigenvalue weighted by molar-refractivity contribution is -0.123. The molecule has 0 saturated carbocycles. The first-order chi connectivity index (χ1) is 16.8. The van der Waals surface area contributed by atoms with Crippen LogP contribution in [0.1, 0.15) is 22.3 Å². The Hall–Kier alpha value is -3.11. The molecule has 35 heavy (non-hydrogen) atoms. The largest absolute Gasteiger partial charge is 0.484 e. The van der Waals surface area contributed by atoms with E-state index >= 15 is 0 Å². The fraction of sp³-hybridized carbons (Fsp3) is 0.148. The molecule has 0 aliphatic carbocycles. The third-order valence-corrected chi connectivity index (χ3v) is 7.09. The number of aryl methyl sites for hydroxylation is 2. The predicted octanol–water partition coefficient (Wildman–Crippen LogP) is 6.16. The number of ether oxygens (including phenoxy) is 1. The molecule has 0 spiro atoms. The van der Waals surface area contributed by atoms with Crippen molar-refractivity contribution in [1.29, 1.82) is 0 Å². The number of nitrogens with zero attached hydrogens (tertiary/aromatic N) is 1. The molecule has 0 bridgehead atoms. The summed E-state index contributed by atoms with van der Waals surface area (Å²) in [6.45, 7) is 4.14. The van der Waals surface area contributed by atoms with Crippen LogP contribution in [0.2, 0.25) is 0 Å². The number of benzene rings is 3. The van der Waals surface area contributed by atoms with E-state index in [1.807, 2.05) is 56.3 Å². The van der Waals surface area contributed by atoms with E-state index in [1.165, 1.54) is 4.90 Å².